The van der Waals surface area contributed by atoms with E-state index in [1.54, 1.807) is 4.90 Å². The zero-order valence-corrected chi connectivity index (χ0v) is 18.6. The van der Waals surface area contributed by atoms with Crippen LogP contribution < -0.4 is 9.64 Å². The van der Waals surface area contributed by atoms with Crippen LogP contribution in [0.3, 0.4) is 0 Å². The van der Waals surface area contributed by atoms with Crippen molar-refractivity contribution in [2.24, 2.45) is 0 Å². The number of halogens is 2. The molecule has 0 heterocycles. The highest BCUT2D eigenvalue weighted by molar-refractivity contribution is 14.1. The second-order valence-electron chi connectivity index (χ2n) is 6.19. The van der Waals surface area contributed by atoms with Crippen molar-refractivity contribution in [3.63, 3.8) is 0 Å². The molecule has 0 N–H and O–H groups in total. The minimum absolute atomic E-state index is 0.00797. The summed E-state index contributed by atoms with van der Waals surface area (Å²) >= 11 is 5.71. The summed E-state index contributed by atoms with van der Waals surface area (Å²) in [4.78, 5) is 14.7. The summed E-state index contributed by atoms with van der Waals surface area (Å²) in [5.41, 5.74) is 3.01. The number of aryl methyl sites for hydroxylation is 1. The highest BCUT2D eigenvalue weighted by Gasteiger charge is 2.17. The molecule has 1 amide bonds. The van der Waals surface area contributed by atoms with Crippen LogP contribution >= 0.6 is 38.5 Å². The van der Waals surface area contributed by atoms with E-state index in [1.165, 1.54) is 0 Å². The average Bonchev–Trinajstić information content (AvgIpc) is 2.67. The molecular weight excluding hydrogens is 517 g/mol. The number of carbonyl (C=O) groups excluding carboxylic acids is 1. The fourth-order valence-corrected chi connectivity index (χ4v) is 3.27. The Bertz CT molecular complexity index is 910. The molecule has 3 rings (SSSR count). The van der Waals surface area contributed by atoms with E-state index < -0.39 is 0 Å². The maximum absolute atomic E-state index is 12.9. The Morgan fingerprint density at radius 1 is 1.04 bits per heavy atom. The first-order valence-corrected chi connectivity index (χ1v) is 10.4. The van der Waals surface area contributed by atoms with Gasteiger partial charge in [-0.2, -0.15) is 0 Å². The smallest absolute Gasteiger partial charge is 0.265 e. The van der Waals surface area contributed by atoms with Crippen molar-refractivity contribution >= 4 is 50.1 Å². The molecule has 0 aliphatic heterocycles. The van der Waals surface area contributed by atoms with Crippen molar-refractivity contribution in [2.45, 2.75) is 13.5 Å². The van der Waals surface area contributed by atoms with Crippen molar-refractivity contribution in [1.82, 2.24) is 0 Å². The molecule has 0 unspecified atom stereocenters. The Morgan fingerprint density at radius 2 is 1.74 bits per heavy atom. The van der Waals surface area contributed by atoms with E-state index in [4.69, 9.17) is 4.74 Å². The van der Waals surface area contributed by atoms with Gasteiger partial charge in [-0.15, -0.1) is 0 Å². The lowest BCUT2D eigenvalue weighted by molar-refractivity contribution is -0.120. The number of carbonyl (C=O) groups is 1. The molecule has 0 spiro atoms. The van der Waals surface area contributed by atoms with E-state index in [-0.39, 0.29) is 12.5 Å². The largest absolute Gasteiger partial charge is 0.484 e. The Morgan fingerprint density at radius 3 is 2.41 bits per heavy atom. The van der Waals surface area contributed by atoms with Crippen molar-refractivity contribution in [3.05, 3.63) is 92.0 Å². The van der Waals surface area contributed by atoms with Crippen molar-refractivity contribution in [1.29, 1.82) is 0 Å². The third-order valence-electron chi connectivity index (χ3n) is 4.05. The molecule has 0 saturated heterocycles. The van der Waals surface area contributed by atoms with Gasteiger partial charge in [0.1, 0.15) is 5.75 Å². The summed E-state index contributed by atoms with van der Waals surface area (Å²) in [7, 11) is 0. The van der Waals surface area contributed by atoms with E-state index in [0.29, 0.717) is 12.3 Å². The number of ether oxygens (including phenoxy) is 1. The van der Waals surface area contributed by atoms with E-state index in [2.05, 4.69) is 38.5 Å². The Balaban J connectivity index is 1.78. The predicted octanol–water partition coefficient (Wildman–Crippen LogP) is 5.97. The number of hydrogen-bond donors (Lipinski definition) is 0. The highest BCUT2D eigenvalue weighted by Crippen LogP contribution is 2.21. The minimum atomic E-state index is -0.0827. The molecule has 0 aliphatic carbocycles. The number of rotatable bonds is 6. The molecule has 138 valence electrons. The number of nitrogens with zero attached hydrogens (tertiary/aromatic N) is 1. The zero-order valence-electron chi connectivity index (χ0n) is 14.9. The molecule has 0 aromatic heterocycles. The van der Waals surface area contributed by atoms with Gasteiger partial charge < -0.3 is 9.64 Å². The summed E-state index contributed by atoms with van der Waals surface area (Å²) in [6.07, 6.45) is 0. The lowest BCUT2D eigenvalue weighted by atomic mass is 10.2. The van der Waals surface area contributed by atoms with Gasteiger partial charge in [-0.3, -0.25) is 4.79 Å². The summed E-state index contributed by atoms with van der Waals surface area (Å²) < 4.78 is 7.87. The van der Waals surface area contributed by atoms with Crippen LogP contribution in [0, 0.1) is 10.5 Å². The van der Waals surface area contributed by atoms with Crippen LogP contribution in [0.2, 0.25) is 0 Å². The number of anilines is 1. The third kappa shape index (κ3) is 5.81. The fourth-order valence-electron chi connectivity index (χ4n) is 2.64. The number of amides is 1. The van der Waals surface area contributed by atoms with Crippen molar-refractivity contribution in [2.75, 3.05) is 11.5 Å². The lowest BCUT2D eigenvalue weighted by Gasteiger charge is -2.23. The van der Waals surface area contributed by atoms with E-state index in [9.17, 15) is 4.79 Å². The standard InChI is InChI=1S/C22H19BrINO2/c1-16-3-2-4-21(13-16)27-15-22(26)25(20-11-9-19(24)10-12-20)14-17-5-7-18(23)8-6-17/h2-13H,14-15H2,1H3. The van der Waals surface area contributed by atoms with Gasteiger partial charge >= 0.3 is 0 Å². The van der Waals surface area contributed by atoms with Gasteiger partial charge in [-0.1, -0.05) is 40.2 Å². The number of hydrogen-bond acceptors (Lipinski definition) is 2. The Kier molecular flexibility index (Phi) is 6.90. The Labute approximate surface area is 181 Å². The quantitative estimate of drug-likeness (QED) is 0.364. The molecule has 0 fully saturated rings. The van der Waals surface area contributed by atoms with Crippen molar-refractivity contribution < 1.29 is 9.53 Å². The molecule has 5 heteroatoms. The monoisotopic (exact) mass is 535 g/mol. The molecule has 0 saturated carbocycles. The maximum Gasteiger partial charge on any atom is 0.265 e. The summed E-state index contributed by atoms with van der Waals surface area (Å²) in [6, 6.07) is 23.6. The van der Waals surface area contributed by atoms with Crippen molar-refractivity contribution in [3.8, 4) is 5.75 Å². The molecular formula is C22H19BrINO2. The summed E-state index contributed by atoms with van der Waals surface area (Å²) in [6.45, 7) is 2.48. The summed E-state index contributed by atoms with van der Waals surface area (Å²) in [5.74, 6) is 0.621. The molecule has 0 radical (unpaired) electrons. The number of benzene rings is 3. The van der Waals surface area contributed by atoms with Crippen LogP contribution in [0.25, 0.3) is 0 Å². The molecule has 0 bridgehead atoms. The third-order valence-corrected chi connectivity index (χ3v) is 5.29. The predicted molar refractivity (Wildman–Crippen MR) is 121 cm³/mol. The molecule has 27 heavy (non-hydrogen) atoms. The molecule has 3 aromatic carbocycles. The van der Waals surface area contributed by atoms with Gasteiger partial charge in [0.2, 0.25) is 0 Å². The molecule has 0 atom stereocenters. The van der Waals surface area contributed by atoms with Crippen LogP contribution in [0.15, 0.2) is 77.3 Å². The van der Waals surface area contributed by atoms with Crippen LogP contribution in [-0.4, -0.2) is 12.5 Å². The lowest BCUT2D eigenvalue weighted by Crippen LogP contribution is -2.34. The topological polar surface area (TPSA) is 29.5 Å². The maximum atomic E-state index is 12.9. The first kappa shape index (κ1) is 19.9. The Hall–Kier alpha value is -1.86. The SMILES string of the molecule is Cc1cccc(OCC(=O)N(Cc2ccc(Br)cc2)c2ccc(I)cc2)c1. The van der Waals surface area contributed by atoms with Crippen LogP contribution in [-0.2, 0) is 11.3 Å². The van der Waals surface area contributed by atoms with Crippen LogP contribution in [0.5, 0.6) is 5.75 Å². The van der Waals surface area contributed by atoms with E-state index in [0.717, 1.165) is 24.9 Å². The summed E-state index contributed by atoms with van der Waals surface area (Å²) in [5, 5.41) is 0. The van der Waals surface area contributed by atoms with Gasteiger partial charge in [0.25, 0.3) is 5.91 Å². The first-order chi connectivity index (χ1) is 13.0. The second-order valence-corrected chi connectivity index (χ2v) is 8.35. The van der Waals surface area contributed by atoms with Gasteiger partial charge in [-0.05, 0) is 89.2 Å². The average molecular weight is 536 g/mol. The highest BCUT2D eigenvalue weighted by atomic mass is 127. The van der Waals surface area contributed by atoms with Gasteiger partial charge in [0.15, 0.2) is 6.61 Å². The van der Waals surface area contributed by atoms with Crippen LogP contribution in [0.1, 0.15) is 11.1 Å². The van der Waals surface area contributed by atoms with E-state index in [1.807, 2.05) is 79.7 Å². The first-order valence-electron chi connectivity index (χ1n) is 8.51. The van der Waals surface area contributed by atoms with E-state index >= 15 is 0 Å². The molecule has 0 aliphatic rings. The molecule has 3 aromatic rings. The molecule has 3 nitrogen and oxygen atoms in total. The van der Waals surface area contributed by atoms with Crippen LogP contribution in [0.4, 0.5) is 5.69 Å². The van der Waals surface area contributed by atoms with Gasteiger partial charge in [0, 0.05) is 13.7 Å². The fraction of sp³-hybridized carbons (Fsp3) is 0.136. The van der Waals surface area contributed by atoms with Gasteiger partial charge in [-0.25, -0.2) is 0 Å². The normalized spacial score (nSPS) is 10.5. The minimum Gasteiger partial charge on any atom is -0.484 e. The van der Waals surface area contributed by atoms with Gasteiger partial charge in [0.05, 0.1) is 6.54 Å². The second kappa shape index (κ2) is 9.37. The zero-order chi connectivity index (χ0) is 19.2.